The molecule has 4 heteroatoms. The Kier molecular flexibility index (Phi) is 5.91. The Balaban J connectivity index is 2.72. The molecule has 0 fully saturated rings. The molecule has 0 aliphatic heterocycles. The molecule has 1 rings (SSSR count). The highest BCUT2D eigenvalue weighted by Gasteiger charge is 2.09. The van der Waals surface area contributed by atoms with Gasteiger partial charge in [0.15, 0.2) is 0 Å². The van der Waals surface area contributed by atoms with Gasteiger partial charge in [0.25, 0.3) is 11.8 Å². The molecule has 1 aromatic rings. The van der Waals surface area contributed by atoms with Crippen LogP contribution in [0.25, 0.3) is 0 Å². The largest absolute Gasteiger partial charge is 0.352 e. The van der Waals surface area contributed by atoms with E-state index in [1.165, 1.54) is 0 Å². The van der Waals surface area contributed by atoms with Crippen LogP contribution in [0.2, 0.25) is 0 Å². The number of benzene rings is 1. The van der Waals surface area contributed by atoms with Crippen molar-refractivity contribution in [1.29, 1.82) is 0 Å². The topological polar surface area (TPSA) is 58.2 Å². The van der Waals surface area contributed by atoms with Gasteiger partial charge >= 0.3 is 0 Å². The third-order valence-corrected chi connectivity index (χ3v) is 2.46. The zero-order valence-corrected chi connectivity index (χ0v) is 11.0. The zero-order chi connectivity index (χ0) is 13.4. The van der Waals surface area contributed by atoms with Gasteiger partial charge in [0.2, 0.25) is 0 Å². The molecule has 2 N–H and O–H groups in total. The fraction of sp³-hybridized carbons (Fsp3) is 0.429. The van der Waals surface area contributed by atoms with Crippen molar-refractivity contribution in [1.82, 2.24) is 10.6 Å². The lowest BCUT2D eigenvalue weighted by Crippen LogP contribution is -2.26. The summed E-state index contributed by atoms with van der Waals surface area (Å²) in [6.45, 7) is 5.28. The van der Waals surface area contributed by atoms with E-state index in [0.29, 0.717) is 24.2 Å². The number of nitrogens with one attached hydrogen (secondary N) is 2. The average molecular weight is 248 g/mol. The fourth-order valence-corrected chi connectivity index (χ4v) is 1.48. The number of hydrogen-bond donors (Lipinski definition) is 2. The molecule has 0 aromatic heterocycles. The molecule has 2 amide bonds. The Hall–Kier alpha value is -1.84. The minimum absolute atomic E-state index is 0.137. The summed E-state index contributed by atoms with van der Waals surface area (Å²) >= 11 is 0. The zero-order valence-electron chi connectivity index (χ0n) is 11.0. The third kappa shape index (κ3) is 4.20. The quantitative estimate of drug-likeness (QED) is 0.808. The van der Waals surface area contributed by atoms with E-state index < -0.39 is 0 Å². The van der Waals surface area contributed by atoms with Crippen LogP contribution in [0.3, 0.4) is 0 Å². The SMILES string of the molecule is CCCNC(=O)c1cccc(C(=O)NCCC)c1. The maximum Gasteiger partial charge on any atom is 0.251 e. The van der Waals surface area contributed by atoms with E-state index >= 15 is 0 Å². The Morgan fingerprint density at radius 1 is 0.944 bits per heavy atom. The first-order chi connectivity index (χ1) is 8.69. The van der Waals surface area contributed by atoms with E-state index in [2.05, 4.69) is 10.6 Å². The number of carbonyl (C=O) groups excluding carboxylic acids is 2. The summed E-state index contributed by atoms with van der Waals surface area (Å²) in [6, 6.07) is 6.76. The van der Waals surface area contributed by atoms with Crippen molar-refractivity contribution in [2.75, 3.05) is 13.1 Å². The van der Waals surface area contributed by atoms with Gasteiger partial charge in [0.05, 0.1) is 0 Å². The fourth-order valence-electron chi connectivity index (χ4n) is 1.48. The third-order valence-electron chi connectivity index (χ3n) is 2.46. The molecule has 0 heterocycles. The molecule has 18 heavy (non-hydrogen) atoms. The molecule has 0 spiro atoms. The predicted octanol–water partition coefficient (Wildman–Crippen LogP) is 1.97. The summed E-state index contributed by atoms with van der Waals surface area (Å²) in [7, 11) is 0. The highest BCUT2D eigenvalue weighted by Crippen LogP contribution is 2.05. The van der Waals surface area contributed by atoms with Crippen molar-refractivity contribution >= 4 is 11.8 Å². The van der Waals surface area contributed by atoms with Crippen LogP contribution in [0.4, 0.5) is 0 Å². The molecule has 0 radical (unpaired) electrons. The number of hydrogen-bond acceptors (Lipinski definition) is 2. The summed E-state index contributed by atoms with van der Waals surface area (Å²) in [4.78, 5) is 23.5. The Morgan fingerprint density at radius 2 is 1.39 bits per heavy atom. The second-order valence-electron chi connectivity index (χ2n) is 4.09. The summed E-state index contributed by atoms with van der Waals surface area (Å²) in [6.07, 6.45) is 1.78. The van der Waals surface area contributed by atoms with Crippen molar-refractivity contribution in [3.8, 4) is 0 Å². The normalized spacial score (nSPS) is 9.89. The van der Waals surface area contributed by atoms with E-state index in [4.69, 9.17) is 0 Å². The Labute approximate surface area is 108 Å². The highest BCUT2D eigenvalue weighted by molar-refractivity contribution is 5.99. The van der Waals surface area contributed by atoms with E-state index in [9.17, 15) is 9.59 Å². The second kappa shape index (κ2) is 7.48. The smallest absolute Gasteiger partial charge is 0.251 e. The minimum Gasteiger partial charge on any atom is -0.352 e. The molecule has 0 aliphatic carbocycles. The van der Waals surface area contributed by atoms with Gasteiger partial charge < -0.3 is 10.6 Å². The van der Waals surface area contributed by atoms with E-state index in [0.717, 1.165) is 12.8 Å². The van der Waals surface area contributed by atoms with E-state index in [-0.39, 0.29) is 11.8 Å². The lowest BCUT2D eigenvalue weighted by Gasteiger charge is -2.06. The first kappa shape index (κ1) is 14.2. The first-order valence-corrected chi connectivity index (χ1v) is 6.35. The van der Waals surface area contributed by atoms with Gasteiger partial charge in [-0.1, -0.05) is 19.9 Å². The van der Waals surface area contributed by atoms with Crippen LogP contribution in [0, 0.1) is 0 Å². The molecular formula is C14H20N2O2. The first-order valence-electron chi connectivity index (χ1n) is 6.35. The van der Waals surface area contributed by atoms with Crippen LogP contribution < -0.4 is 10.6 Å². The maximum absolute atomic E-state index is 11.7. The highest BCUT2D eigenvalue weighted by atomic mass is 16.2. The monoisotopic (exact) mass is 248 g/mol. The van der Waals surface area contributed by atoms with Crippen LogP contribution in [0.1, 0.15) is 47.4 Å². The van der Waals surface area contributed by atoms with Crippen molar-refractivity contribution in [3.05, 3.63) is 35.4 Å². The van der Waals surface area contributed by atoms with Gasteiger partial charge in [-0.05, 0) is 31.0 Å². The van der Waals surface area contributed by atoms with Gasteiger partial charge in [-0.3, -0.25) is 9.59 Å². The van der Waals surface area contributed by atoms with Gasteiger partial charge in [-0.15, -0.1) is 0 Å². The average Bonchev–Trinajstić information content (AvgIpc) is 2.42. The standard InChI is InChI=1S/C14H20N2O2/c1-3-8-15-13(17)11-6-5-7-12(10-11)14(18)16-9-4-2/h5-7,10H,3-4,8-9H2,1-2H3,(H,15,17)(H,16,18). The van der Waals surface area contributed by atoms with Crippen molar-refractivity contribution < 1.29 is 9.59 Å². The van der Waals surface area contributed by atoms with Crippen molar-refractivity contribution in [2.45, 2.75) is 26.7 Å². The lowest BCUT2D eigenvalue weighted by molar-refractivity contribution is 0.0953. The second-order valence-corrected chi connectivity index (χ2v) is 4.09. The molecule has 0 aliphatic rings. The van der Waals surface area contributed by atoms with Crippen LogP contribution >= 0.6 is 0 Å². The van der Waals surface area contributed by atoms with Crippen molar-refractivity contribution in [2.24, 2.45) is 0 Å². The number of rotatable bonds is 6. The van der Waals surface area contributed by atoms with E-state index in [1.54, 1.807) is 24.3 Å². The number of carbonyl (C=O) groups is 2. The van der Waals surface area contributed by atoms with E-state index in [1.807, 2.05) is 13.8 Å². The van der Waals surface area contributed by atoms with Crippen LogP contribution in [0.5, 0.6) is 0 Å². The molecular weight excluding hydrogens is 228 g/mol. The van der Waals surface area contributed by atoms with Gasteiger partial charge in [0, 0.05) is 24.2 Å². The summed E-state index contributed by atoms with van der Waals surface area (Å²) in [5.74, 6) is -0.274. The van der Waals surface area contributed by atoms with Gasteiger partial charge in [0.1, 0.15) is 0 Å². The molecule has 0 atom stereocenters. The summed E-state index contributed by atoms with van der Waals surface area (Å²) in [5.41, 5.74) is 1.04. The molecule has 98 valence electrons. The molecule has 0 saturated carbocycles. The van der Waals surface area contributed by atoms with Gasteiger partial charge in [-0.25, -0.2) is 0 Å². The van der Waals surface area contributed by atoms with Crippen LogP contribution in [0.15, 0.2) is 24.3 Å². The van der Waals surface area contributed by atoms with Crippen LogP contribution in [-0.2, 0) is 0 Å². The number of amides is 2. The molecule has 0 saturated heterocycles. The van der Waals surface area contributed by atoms with Crippen molar-refractivity contribution in [3.63, 3.8) is 0 Å². The molecule has 4 nitrogen and oxygen atoms in total. The molecule has 0 bridgehead atoms. The lowest BCUT2D eigenvalue weighted by atomic mass is 10.1. The molecule has 0 unspecified atom stereocenters. The predicted molar refractivity (Wildman–Crippen MR) is 71.7 cm³/mol. The van der Waals surface area contributed by atoms with Gasteiger partial charge in [-0.2, -0.15) is 0 Å². The maximum atomic E-state index is 11.7. The minimum atomic E-state index is -0.137. The summed E-state index contributed by atoms with van der Waals surface area (Å²) < 4.78 is 0. The Morgan fingerprint density at radius 3 is 1.78 bits per heavy atom. The van der Waals surface area contributed by atoms with Crippen LogP contribution in [-0.4, -0.2) is 24.9 Å². The summed E-state index contributed by atoms with van der Waals surface area (Å²) in [5, 5.41) is 5.57. The Bertz CT molecular complexity index is 381. The molecule has 1 aromatic carbocycles.